The Balaban J connectivity index is 2.39. The summed E-state index contributed by atoms with van der Waals surface area (Å²) in [6.07, 6.45) is 1.96. The molecule has 0 spiro atoms. The van der Waals surface area contributed by atoms with Crippen molar-refractivity contribution >= 4 is 26.8 Å². The van der Waals surface area contributed by atoms with E-state index in [1.54, 1.807) is 0 Å². The second-order valence-corrected chi connectivity index (χ2v) is 5.23. The van der Waals surface area contributed by atoms with Crippen molar-refractivity contribution in [3.05, 3.63) is 34.4 Å². The van der Waals surface area contributed by atoms with Crippen molar-refractivity contribution < 1.29 is 0 Å². The summed E-state index contributed by atoms with van der Waals surface area (Å²) in [6.45, 7) is 0. The molecule has 0 amide bonds. The Labute approximate surface area is 103 Å². The van der Waals surface area contributed by atoms with Gasteiger partial charge in [0.1, 0.15) is 0 Å². The van der Waals surface area contributed by atoms with Gasteiger partial charge in [0.25, 0.3) is 0 Å². The molecule has 3 rings (SSSR count). The molecule has 2 nitrogen and oxygen atoms in total. The molecule has 1 saturated carbocycles. The largest absolute Gasteiger partial charge is 0.345 e. The molecular weight excluding hydrogens is 264 g/mol. The molecule has 1 aromatic carbocycles. The van der Waals surface area contributed by atoms with Crippen LogP contribution in [-0.2, 0) is 12.5 Å². The summed E-state index contributed by atoms with van der Waals surface area (Å²) in [4.78, 5) is 0. The van der Waals surface area contributed by atoms with E-state index in [1.165, 1.54) is 10.9 Å². The van der Waals surface area contributed by atoms with Gasteiger partial charge >= 0.3 is 0 Å². The van der Waals surface area contributed by atoms with Gasteiger partial charge in [-0.1, -0.05) is 18.2 Å². The first kappa shape index (κ1) is 9.92. The standard InChI is InChI=1S/C13H11BrN2/c1-16-10-5-3-2-4-9(10)11(14)12(16)13(8-15)6-7-13/h2-5H,6-7H2,1H3. The van der Waals surface area contributed by atoms with Crippen LogP contribution in [0.15, 0.2) is 28.7 Å². The second-order valence-electron chi connectivity index (χ2n) is 4.43. The highest BCUT2D eigenvalue weighted by atomic mass is 79.9. The first-order valence-corrected chi connectivity index (χ1v) is 6.13. The number of benzene rings is 1. The number of hydrogen-bond donors (Lipinski definition) is 0. The van der Waals surface area contributed by atoms with Gasteiger partial charge in [0.2, 0.25) is 0 Å². The molecule has 0 bridgehead atoms. The number of aryl methyl sites for hydroxylation is 1. The van der Waals surface area contributed by atoms with Crippen molar-refractivity contribution in [1.82, 2.24) is 4.57 Å². The van der Waals surface area contributed by atoms with Crippen LogP contribution in [0.3, 0.4) is 0 Å². The minimum Gasteiger partial charge on any atom is -0.345 e. The highest BCUT2D eigenvalue weighted by Gasteiger charge is 2.48. The first-order chi connectivity index (χ1) is 7.69. The molecule has 0 N–H and O–H groups in total. The maximum Gasteiger partial charge on any atom is 0.0986 e. The van der Waals surface area contributed by atoms with Crippen molar-refractivity contribution in [2.75, 3.05) is 0 Å². The quantitative estimate of drug-likeness (QED) is 0.783. The van der Waals surface area contributed by atoms with E-state index in [9.17, 15) is 5.26 Å². The Morgan fingerprint density at radius 2 is 2.06 bits per heavy atom. The molecule has 0 unspecified atom stereocenters. The molecule has 1 fully saturated rings. The lowest BCUT2D eigenvalue weighted by atomic mass is 10.0. The Kier molecular flexibility index (Phi) is 1.93. The average Bonchev–Trinajstić information content (AvgIpc) is 3.05. The molecule has 0 saturated heterocycles. The zero-order chi connectivity index (χ0) is 11.3. The van der Waals surface area contributed by atoms with Gasteiger partial charge < -0.3 is 4.57 Å². The van der Waals surface area contributed by atoms with Crippen LogP contribution < -0.4 is 0 Å². The van der Waals surface area contributed by atoms with Gasteiger partial charge in [0.15, 0.2) is 0 Å². The Hall–Kier alpha value is -1.27. The summed E-state index contributed by atoms with van der Waals surface area (Å²) in [5.74, 6) is 0. The van der Waals surface area contributed by atoms with Crippen molar-refractivity contribution in [3.8, 4) is 6.07 Å². The molecule has 80 valence electrons. The van der Waals surface area contributed by atoms with Crippen LogP contribution in [0, 0.1) is 11.3 Å². The molecule has 2 aromatic rings. The summed E-state index contributed by atoms with van der Waals surface area (Å²) in [5, 5.41) is 10.5. The van der Waals surface area contributed by atoms with Crippen LogP contribution in [0.5, 0.6) is 0 Å². The lowest BCUT2D eigenvalue weighted by molar-refractivity contribution is 0.766. The molecule has 0 radical (unpaired) electrons. The number of para-hydroxylation sites is 1. The maximum atomic E-state index is 9.30. The highest BCUT2D eigenvalue weighted by molar-refractivity contribution is 9.10. The van der Waals surface area contributed by atoms with Crippen LogP contribution in [-0.4, -0.2) is 4.57 Å². The molecule has 0 atom stereocenters. The van der Waals surface area contributed by atoms with E-state index in [-0.39, 0.29) is 5.41 Å². The van der Waals surface area contributed by atoms with E-state index in [0.717, 1.165) is 23.0 Å². The van der Waals surface area contributed by atoms with Crippen LogP contribution in [0.4, 0.5) is 0 Å². The van der Waals surface area contributed by atoms with Gasteiger partial charge in [-0.25, -0.2) is 0 Å². The van der Waals surface area contributed by atoms with Crippen LogP contribution in [0.2, 0.25) is 0 Å². The fourth-order valence-corrected chi connectivity index (χ4v) is 3.39. The number of nitrogens with zero attached hydrogens (tertiary/aromatic N) is 2. The summed E-state index contributed by atoms with van der Waals surface area (Å²) in [7, 11) is 2.04. The van der Waals surface area contributed by atoms with Crippen molar-refractivity contribution in [3.63, 3.8) is 0 Å². The van der Waals surface area contributed by atoms with Crippen LogP contribution in [0.1, 0.15) is 18.5 Å². The zero-order valence-corrected chi connectivity index (χ0v) is 10.6. The number of hydrogen-bond acceptors (Lipinski definition) is 1. The SMILES string of the molecule is Cn1c(C2(C#N)CC2)c(Br)c2ccccc21. The molecule has 1 aliphatic rings. The molecule has 16 heavy (non-hydrogen) atoms. The fourth-order valence-electron chi connectivity index (χ4n) is 2.40. The van der Waals surface area contributed by atoms with E-state index in [4.69, 9.17) is 0 Å². The van der Waals surface area contributed by atoms with Gasteiger partial charge in [-0.05, 0) is 34.8 Å². The summed E-state index contributed by atoms with van der Waals surface area (Å²) in [5.41, 5.74) is 2.08. The maximum absolute atomic E-state index is 9.30. The minimum absolute atomic E-state index is 0.243. The van der Waals surface area contributed by atoms with E-state index >= 15 is 0 Å². The topological polar surface area (TPSA) is 28.7 Å². The van der Waals surface area contributed by atoms with Gasteiger partial charge in [-0.3, -0.25) is 0 Å². The number of nitriles is 1. The lowest BCUT2D eigenvalue weighted by Crippen LogP contribution is -2.09. The third-order valence-electron chi connectivity index (χ3n) is 3.46. The summed E-state index contributed by atoms with van der Waals surface area (Å²) < 4.78 is 3.24. The third kappa shape index (κ3) is 1.11. The Bertz CT molecular complexity index is 576. The Morgan fingerprint density at radius 3 is 2.62 bits per heavy atom. The zero-order valence-electron chi connectivity index (χ0n) is 9.00. The van der Waals surface area contributed by atoms with Gasteiger partial charge in [0, 0.05) is 22.4 Å². The van der Waals surface area contributed by atoms with Crippen LogP contribution >= 0.6 is 15.9 Å². The number of aromatic nitrogens is 1. The molecule has 3 heteroatoms. The van der Waals surface area contributed by atoms with Gasteiger partial charge in [-0.2, -0.15) is 5.26 Å². The molecule has 1 heterocycles. The molecular formula is C13H11BrN2. The number of rotatable bonds is 1. The predicted molar refractivity (Wildman–Crippen MR) is 67.1 cm³/mol. The second kappa shape index (κ2) is 3.11. The molecule has 1 aliphatic carbocycles. The highest BCUT2D eigenvalue weighted by Crippen LogP contribution is 2.51. The average molecular weight is 275 g/mol. The normalized spacial score (nSPS) is 17.3. The van der Waals surface area contributed by atoms with Crippen molar-refractivity contribution in [1.29, 1.82) is 5.26 Å². The van der Waals surface area contributed by atoms with E-state index in [1.807, 2.05) is 19.2 Å². The minimum atomic E-state index is -0.243. The lowest BCUT2D eigenvalue weighted by Gasteiger charge is -2.08. The van der Waals surface area contributed by atoms with Crippen molar-refractivity contribution in [2.45, 2.75) is 18.3 Å². The van der Waals surface area contributed by atoms with E-state index < -0.39 is 0 Å². The fraction of sp³-hybridized carbons (Fsp3) is 0.308. The summed E-state index contributed by atoms with van der Waals surface area (Å²) in [6, 6.07) is 10.7. The third-order valence-corrected chi connectivity index (χ3v) is 4.27. The van der Waals surface area contributed by atoms with Gasteiger partial charge in [-0.15, -0.1) is 0 Å². The smallest absolute Gasteiger partial charge is 0.0986 e. The number of fused-ring (bicyclic) bond motifs is 1. The molecule has 0 aliphatic heterocycles. The number of halogens is 1. The van der Waals surface area contributed by atoms with Crippen LogP contribution in [0.25, 0.3) is 10.9 Å². The van der Waals surface area contributed by atoms with E-state index in [0.29, 0.717) is 0 Å². The monoisotopic (exact) mass is 274 g/mol. The van der Waals surface area contributed by atoms with Crippen molar-refractivity contribution in [2.24, 2.45) is 7.05 Å². The van der Waals surface area contributed by atoms with E-state index in [2.05, 4.69) is 38.7 Å². The Morgan fingerprint density at radius 1 is 1.38 bits per heavy atom. The predicted octanol–water partition coefficient (Wildman–Crippen LogP) is 3.50. The first-order valence-electron chi connectivity index (χ1n) is 5.34. The van der Waals surface area contributed by atoms with Gasteiger partial charge in [0.05, 0.1) is 17.2 Å². The summed E-state index contributed by atoms with van der Waals surface area (Å²) >= 11 is 3.65. The molecule has 1 aromatic heterocycles.